The van der Waals surface area contributed by atoms with Crippen LogP contribution in [0.2, 0.25) is 0 Å². The molecule has 0 bridgehead atoms. The lowest BCUT2D eigenvalue weighted by Crippen LogP contribution is -2.16. The van der Waals surface area contributed by atoms with Gasteiger partial charge in [0, 0.05) is 0 Å². The quantitative estimate of drug-likeness (QED) is 0.684. The van der Waals surface area contributed by atoms with Crippen LogP contribution in [0.5, 0.6) is 0 Å². The van der Waals surface area contributed by atoms with Gasteiger partial charge in [0.1, 0.15) is 0 Å². The topological polar surface area (TPSA) is 12.0 Å². The van der Waals surface area contributed by atoms with Crippen molar-refractivity contribution in [1.29, 1.82) is 0 Å². The maximum atomic E-state index is 3.47. The van der Waals surface area contributed by atoms with Crippen LogP contribution in [0.25, 0.3) is 0 Å². The molecule has 1 aliphatic rings. The molecule has 1 nitrogen and oxygen atoms in total. The average molecular weight is 169 g/mol. The van der Waals surface area contributed by atoms with Gasteiger partial charge in [0.25, 0.3) is 0 Å². The molecule has 0 aromatic carbocycles. The molecule has 1 heterocycles. The first-order chi connectivity index (χ1) is 5.61. The van der Waals surface area contributed by atoms with Crippen molar-refractivity contribution in [3.05, 3.63) is 0 Å². The van der Waals surface area contributed by atoms with Gasteiger partial charge in [-0.1, -0.05) is 27.7 Å². The predicted octanol–water partition coefficient (Wildman–Crippen LogP) is 2.52. The highest BCUT2D eigenvalue weighted by Gasteiger charge is 2.25. The number of hydrogen-bond donors (Lipinski definition) is 1. The molecule has 1 N–H and O–H groups in total. The van der Waals surface area contributed by atoms with E-state index in [9.17, 15) is 0 Å². The largest absolute Gasteiger partial charge is 0.316 e. The second-order valence-electron chi connectivity index (χ2n) is 4.85. The van der Waals surface area contributed by atoms with E-state index in [4.69, 9.17) is 0 Å². The van der Waals surface area contributed by atoms with Crippen molar-refractivity contribution in [3.8, 4) is 0 Å². The molecule has 0 saturated carbocycles. The van der Waals surface area contributed by atoms with E-state index in [1.807, 2.05) is 0 Å². The molecule has 0 aliphatic carbocycles. The summed E-state index contributed by atoms with van der Waals surface area (Å²) in [5.41, 5.74) is 0. The Labute approximate surface area is 76.9 Å². The summed E-state index contributed by atoms with van der Waals surface area (Å²) in [6.45, 7) is 11.9. The molecule has 1 fully saturated rings. The van der Waals surface area contributed by atoms with Gasteiger partial charge in [-0.3, -0.25) is 0 Å². The molecule has 0 spiro atoms. The second-order valence-corrected chi connectivity index (χ2v) is 4.85. The van der Waals surface area contributed by atoms with Crippen LogP contribution in [0, 0.1) is 23.7 Å². The minimum absolute atomic E-state index is 0.845. The fourth-order valence-electron chi connectivity index (χ4n) is 1.93. The Morgan fingerprint density at radius 1 is 1.25 bits per heavy atom. The Morgan fingerprint density at radius 3 is 2.33 bits per heavy atom. The Bertz CT molecular complexity index is 131. The molecule has 0 amide bonds. The lowest BCUT2D eigenvalue weighted by molar-refractivity contribution is 0.296. The third-order valence-electron chi connectivity index (χ3n) is 3.49. The van der Waals surface area contributed by atoms with Crippen molar-refractivity contribution < 1.29 is 0 Å². The summed E-state index contributed by atoms with van der Waals surface area (Å²) in [5, 5.41) is 3.47. The van der Waals surface area contributed by atoms with Gasteiger partial charge in [-0.2, -0.15) is 0 Å². The van der Waals surface area contributed by atoms with Crippen molar-refractivity contribution in [2.24, 2.45) is 23.7 Å². The molecule has 1 aliphatic heterocycles. The zero-order valence-electron chi connectivity index (χ0n) is 8.93. The lowest BCUT2D eigenvalue weighted by Gasteiger charge is -2.21. The van der Waals surface area contributed by atoms with Gasteiger partial charge in [-0.15, -0.1) is 0 Å². The first-order valence-corrected chi connectivity index (χ1v) is 5.32. The van der Waals surface area contributed by atoms with Crippen LogP contribution in [0.4, 0.5) is 0 Å². The van der Waals surface area contributed by atoms with Gasteiger partial charge in [-0.25, -0.2) is 0 Å². The molecule has 0 radical (unpaired) electrons. The molecule has 0 aromatic rings. The van der Waals surface area contributed by atoms with Crippen molar-refractivity contribution in [2.45, 2.75) is 34.1 Å². The van der Waals surface area contributed by atoms with E-state index in [0.717, 1.165) is 23.7 Å². The maximum absolute atomic E-state index is 3.47. The fraction of sp³-hybridized carbons (Fsp3) is 1.00. The SMILES string of the molecule is CC(C)C(C)CC1CNCC1C. The van der Waals surface area contributed by atoms with E-state index >= 15 is 0 Å². The molecular weight excluding hydrogens is 146 g/mol. The zero-order chi connectivity index (χ0) is 9.14. The number of nitrogens with one attached hydrogen (secondary N) is 1. The van der Waals surface area contributed by atoms with Crippen molar-refractivity contribution in [3.63, 3.8) is 0 Å². The van der Waals surface area contributed by atoms with Crippen LogP contribution in [-0.2, 0) is 0 Å². The van der Waals surface area contributed by atoms with Gasteiger partial charge in [0.15, 0.2) is 0 Å². The number of hydrogen-bond acceptors (Lipinski definition) is 1. The van der Waals surface area contributed by atoms with Gasteiger partial charge < -0.3 is 5.32 Å². The second kappa shape index (κ2) is 4.27. The molecule has 3 atom stereocenters. The van der Waals surface area contributed by atoms with Crippen molar-refractivity contribution in [1.82, 2.24) is 5.32 Å². The average Bonchev–Trinajstić information content (AvgIpc) is 2.36. The number of rotatable bonds is 3. The van der Waals surface area contributed by atoms with Crippen LogP contribution in [0.3, 0.4) is 0 Å². The highest BCUT2D eigenvalue weighted by molar-refractivity contribution is 4.79. The smallest absolute Gasteiger partial charge is 0.00173 e. The van der Waals surface area contributed by atoms with E-state index in [-0.39, 0.29) is 0 Å². The maximum Gasteiger partial charge on any atom is -0.00173 e. The highest BCUT2D eigenvalue weighted by Crippen LogP contribution is 2.26. The van der Waals surface area contributed by atoms with Crippen molar-refractivity contribution in [2.75, 3.05) is 13.1 Å². The van der Waals surface area contributed by atoms with E-state index in [1.165, 1.54) is 19.5 Å². The third-order valence-corrected chi connectivity index (χ3v) is 3.49. The monoisotopic (exact) mass is 169 g/mol. The molecule has 3 unspecified atom stereocenters. The molecule has 1 heteroatoms. The van der Waals surface area contributed by atoms with Crippen LogP contribution in [-0.4, -0.2) is 13.1 Å². The molecule has 72 valence electrons. The van der Waals surface area contributed by atoms with Crippen molar-refractivity contribution >= 4 is 0 Å². The third kappa shape index (κ3) is 2.48. The van der Waals surface area contributed by atoms with E-state index in [0.29, 0.717) is 0 Å². The van der Waals surface area contributed by atoms with Gasteiger partial charge in [-0.05, 0) is 43.2 Å². The molecule has 1 saturated heterocycles. The van der Waals surface area contributed by atoms with E-state index in [1.54, 1.807) is 0 Å². The van der Waals surface area contributed by atoms with Crippen LogP contribution >= 0.6 is 0 Å². The zero-order valence-corrected chi connectivity index (χ0v) is 8.93. The summed E-state index contributed by atoms with van der Waals surface area (Å²) in [7, 11) is 0. The Morgan fingerprint density at radius 2 is 1.92 bits per heavy atom. The summed E-state index contributed by atoms with van der Waals surface area (Å²) in [4.78, 5) is 0. The standard InChI is InChI=1S/C11H23N/c1-8(2)9(3)5-11-7-12-6-10(11)4/h8-12H,5-7H2,1-4H3. The summed E-state index contributed by atoms with van der Waals surface area (Å²) in [6, 6.07) is 0. The minimum atomic E-state index is 0.845. The first-order valence-electron chi connectivity index (χ1n) is 5.32. The normalized spacial score (nSPS) is 32.8. The van der Waals surface area contributed by atoms with Crippen LogP contribution in [0.15, 0.2) is 0 Å². The van der Waals surface area contributed by atoms with E-state index < -0.39 is 0 Å². The molecule has 0 aromatic heterocycles. The Hall–Kier alpha value is -0.0400. The van der Waals surface area contributed by atoms with Crippen LogP contribution in [0.1, 0.15) is 34.1 Å². The summed E-state index contributed by atoms with van der Waals surface area (Å²) < 4.78 is 0. The first kappa shape index (κ1) is 10.0. The molecule has 12 heavy (non-hydrogen) atoms. The fourth-order valence-corrected chi connectivity index (χ4v) is 1.93. The van der Waals surface area contributed by atoms with Gasteiger partial charge in [0.05, 0.1) is 0 Å². The highest BCUT2D eigenvalue weighted by atomic mass is 14.9. The summed E-state index contributed by atoms with van der Waals surface area (Å²) >= 11 is 0. The Balaban J connectivity index is 2.30. The van der Waals surface area contributed by atoms with Gasteiger partial charge in [0.2, 0.25) is 0 Å². The minimum Gasteiger partial charge on any atom is -0.316 e. The van der Waals surface area contributed by atoms with Gasteiger partial charge >= 0.3 is 0 Å². The predicted molar refractivity (Wildman–Crippen MR) is 54.1 cm³/mol. The Kier molecular flexibility index (Phi) is 3.57. The van der Waals surface area contributed by atoms with Crippen LogP contribution < -0.4 is 5.32 Å². The molecule has 1 rings (SSSR count). The lowest BCUT2D eigenvalue weighted by atomic mass is 9.84. The van der Waals surface area contributed by atoms with E-state index in [2.05, 4.69) is 33.0 Å². The summed E-state index contributed by atoms with van der Waals surface area (Å²) in [5.74, 6) is 3.56. The summed E-state index contributed by atoms with van der Waals surface area (Å²) in [6.07, 6.45) is 1.41. The molecular formula is C11H23N.